The van der Waals surface area contributed by atoms with Crippen molar-refractivity contribution in [1.82, 2.24) is 4.57 Å². The highest BCUT2D eigenvalue weighted by molar-refractivity contribution is 6.35. The maximum atomic E-state index is 11.3. The second-order valence-corrected chi connectivity index (χ2v) is 5.30. The van der Waals surface area contributed by atoms with Crippen LogP contribution in [-0.4, -0.2) is 15.6 Å². The summed E-state index contributed by atoms with van der Waals surface area (Å²) in [5.74, 6) is -0.572. The van der Waals surface area contributed by atoms with Gasteiger partial charge in [-0.3, -0.25) is 0 Å². The number of fused-ring (bicyclic) bond motifs is 1. The Balaban J connectivity index is 2.83. The van der Waals surface area contributed by atoms with Crippen LogP contribution in [0.3, 0.4) is 0 Å². The number of halogens is 1. The van der Waals surface area contributed by atoms with Gasteiger partial charge in [-0.05, 0) is 18.4 Å². The van der Waals surface area contributed by atoms with Crippen LogP contribution in [0.1, 0.15) is 29.8 Å². The van der Waals surface area contributed by atoms with Crippen LogP contribution in [-0.2, 0) is 6.54 Å². The minimum Gasteiger partial charge on any atom is -0.478 e. The van der Waals surface area contributed by atoms with E-state index >= 15 is 0 Å². The number of hydrogen-bond acceptors (Lipinski definition) is 1. The zero-order valence-electron chi connectivity index (χ0n) is 10.7. The molecule has 3 nitrogen and oxygen atoms in total. The van der Waals surface area contributed by atoms with Gasteiger partial charge in [0.05, 0.1) is 5.52 Å². The Morgan fingerprint density at radius 3 is 2.67 bits per heavy atom. The van der Waals surface area contributed by atoms with E-state index < -0.39 is 5.97 Å². The number of carboxylic acids is 1. The fourth-order valence-corrected chi connectivity index (χ4v) is 2.64. The summed E-state index contributed by atoms with van der Waals surface area (Å²) >= 11 is 6.25. The molecule has 96 valence electrons. The highest BCUT2D eigenvalue weighted by Gasteiger charge is 2.22. The quantitative estimate of drug-likeness (QED) is 0.913. The number of para-hydroxylation sites is 1. The molecule has 4 heteroatoms. The normalized spacial score (nSPS) is 11.4. The first kappa shape index (κ1) is 13.0. The molecular weight excluding hydrogens is 250 g/mol. The highest BCUT2D eigenvalue weighted by Crippen LogP contribution is 2.32. The van der Waals surface area contributed by atoms with E-state index in [1.54, 1.807) is 0 Å². The molecule has 2 aromatic rings. The molecule has 0 atom stereocenters. The van der Waals surface area contributed by atoms with Gasteiger partial charge in [0.1, 0.15) is 10.7 Å². The lowest BCUT2D eigenvalue weighted by Gasteiger charge is -2.11. The number of aromatic carboxylic acids is 1. The van der Waals surface area contributed by atoms with Gasteiger partial charge < -0.3 is 9.67 Å². The van der Waals surface area contributed by atoms with Gasteiger partial charge in [0, 0.05) is 11.9 Å². The van der Waals surface area contributed by atoms with Gasteiger partial charge in [-0.2, -0.15) is 0 Å². The monoisotopic (exact) mass is 265 g/mol. The van der Waals surface area contributed by atoms with Crippen LogP contribution in [0.15, 0.2) is 18.2 Å². The number of aromatic nitrogens is 1. The first-order valence-electron chi connectivity index (χ1n) is 5.94. The van der Waals surface area contributed by atoms with E-state index in [4.69, 9.17) is 11.6 Å². The highest BCUT2D eigenvalue weighted by atomic mass is 35.5. The summed E-state index contributed by atoms with van der Waals surface area (Å²) < 4.78 is 1.90. The molecule has 0 aliphatic carbocycles. The number of nitrogens with zero attached hydrogens (tertiary/aromatic N) is 1. The smallest absolute Gasteiger partial charge is 0.339 e. The number of carboxylic acid groups (broad SMARTS) is 1. The van der Waals surface area contributed by atoms with Crippen molar-refractivity contribution >= 4 is 28.5 Å². The van der Waals surface area contributed by atoms with Gasteiger partial charge in [0.2, 0.25) is 0 Å². The Kier molecular flexibility index (Phi) is 3.35. The fraction of sp³-hybridized carbons (Fsp3) is 0.357. The van der Waals surface area contributed by atoms with Crippen molar-refractivity contribution < 1.29 is 9.90 Å². The van der Waals surface area contributed by atoms with Crippen molar-refractivity contribution in [1.29, 1.82) is 0 Å². The molecule has 0 aliphatic rings. The molecule has 1 N–H and O–H groups in total. The molecular formula is C14H16ClNO2. The number of rotatable bonds is 3. The number of hydrogen-bond donors (Lipinski definition) is 1. The average molecular weight is 266 g/mol. The van der Waals surface area contributed by atoms with Gasteiger partial charge >= 0.3 is 5.97 Å². The maximum absolute atomic E-state index is 11.3. The first-order valence-corrected chi connectivity index (χ1v) is 6.32. The average Bonchev–Trinajstić information content (AvgIpc) is 2.52. The van der Waals surface area contributed by atoms with E-state index in [9.17, 15) is 9.90 Å². The summed E-state index contributed by atoms with van der Waals surface area (Å²) in [5, 5.41) is 10.3. The van der Waals surface area contributed by atoms with Gasteiger partial charge in [0.25, 0.3) is 0 Å². The Bertz CT molecular complexity index is 614. The molecule has 1 aromatic carbocycles. The maximum Gasteiger partial charge on any atom is 0.339 e. The molecule has 0 amide bonds. The summed E-state index contributed by atoms with van der Waals surface area (Å²) in [6, 6.07) is 5.65. The SMILES string of the molecule is Cc1cccc2c(C(=O)O)c(Cl)n(CC(C)C)c12. The van der Waals surface area contributed by atoms with Crippen molar-refractivity contribution in [3.05, 3.63) is 34.5 Å². The lowest BCUT2D eigenvalue weighted by Crippen LogP contribution is -2.05. The van der Waals surface area contributed by atoms with Crippen LogP contribution in [0.2, 0.25) is 5.15 Å². The lowest BCUT2D eigenvalue weighted by molar-refractivity contribution is 0.0699. The topological polar surface area (TPSA) is 42.2 Å². The van der Waals surface area contributed by atoms with Gasteiger partial charge in [-0.15, -0.1) is 0 Å². The van der Waals surface area contributed by atoms with Crippen LogP contribution >= 0.6 is 11.6 Å². The minimum absolute atomic E-state index is 0.205. The minimum atomic E-state index is -0.974. The summed E-state index contributed by atoms with van der Waals surface area (Å²) in [6.07, 6.45) is 0. The molecule has 0 saturated heterocycles. The summed E-state index contributed by atoms with van der Waals surface area (Å²) in [6.45, 7) is 6.86. The molecule has 0 saturated carbocycles. The van der Waals surface area contributed by atoms with Gasteiger partial charge in [-0.1, -0.05) is 43.6 Å². The Labute approximate surface area is 111 Å². The Hall–Kier alpha value is -1.48. The van der Waals surface area contributed by atoms with E-state index in [0.29, 0.717) is 23.0 Å². The molecule has 0 fully saturated rings. The van der Waals surface area contributed by atoms with Crippen LogP contribution in [0.5, 0.6) is 0 Å². The van der Waals surface area contributed by atoms with Crippen LogP contribution in [0, 0.1) is 12.8 Å². The van der Waals surface area contributed by atoms with Gasteiger partial charge in [-0.25, -0.2) is 4.79 Å². The molecule has 1 heterocycles. The summed E-state index contributed by atoms with van der Waals surface area (Å²) in [5.41, 5.74) is 2.17. The second kappa shape index (κ2) is 4.65. The standard InChI is InChI=1S/C14H16ClNO2/c1-8(2)7-16-12-9(3)5-4-6-10(12)11(13(16)15)14(17)18/h4-6,8H,7H2,1-3H3,(H,17,18). The third-order valence-electron chi connectivity index (χ3n) is 2.98. The second-order valence-electron chi connectivity index (χ2n) is 4.95. The van der Waals surface area contributed by atoms with Crippen molar-refractivity contribution in [2.45, 2.75) is 27.3 Å². The molecule has 0 bridgehead atoms. The summed E-state index contributed by atoms with van der Waals surface area (Å²) in [4.78, 5) is 11.3. The van der Waals surface area contributed by atoms with Crippen molar-refractivity contribution in [3.8, 4) is 0 Å². The lowest BCUT2D eigenvalue weighted by atomic mass is 10.1. The molecule has 0 aliphatic heterocycles. The first-order chi connectivity index (χ1) is 8.43. The molecule has 0 unspecified atom stereocenters. The van der Waals surface area contributed by atoms with Gasteiger partial charge in [0.15, 0.2) is 0 Å². The predicted octanol–water partition coefficient (Wildman–Crippen LogP) is 3.96. The molecule has 18 heavy (non-hydrogen) atoms. The number of carbonyl (C=O) groups is 1. The van der Waals surface area contributed by atoms with Crippen LogP contribution < -0.4 is 0 Å². The molecule has 0 radical (unpaired) electrons. The Morgan fingerprint density at radius 2 is 2.11 bits per heavy atom. The number of benzene rings is 1. The van der Waals surface area contributed by atoms with Crippen molar-refractivity contribution in [2.24, 2.45) is 5.92 Å². The van der Waals surface area contributed by atoms with E-state index in [0.717, 1.165) is 11.1 Å². The molecule has 2 rings (SSSR count). The zero-order valence-corrected chi connectivity index (χ0v) is 11.5. The summed E-state index contributed by atoms with van der Waals surface area (Å²) in [7, 11) is 0. The van der Waals surface area contributed by atoms with E-state index in [1.807, 2.05) is 29.7 Å². The fourth-order valence-electron chi connectivity index (χ4n) is 2.30. The largest absolute Gasteiger partial charge is 0.478 e. The molecule has 0 spiro atoms. The number of aryl methyl sites for hydroxylation is 1. The van der Waals surface area contributed by atoms with Crippen LogP contribution in [0.25, 0.3) is 10.9 Å². The molecule has 1 aromatic heterocycles. The third-order valence-corrected chi connectivity index (χ3v) is 3.37. The third kappa shape index (κ3) is 1.99. The van der Waals surface area contributed by atoms with E-state index in [1.165, 1.54) is 0 Å². The Morgan fingerprint density at radius 1 is 1.44 bits per heavy atom. The van der Waals surface area contributed by atoms with Crippen molar-refractivity contribution in [3.63, 3.8) is 0 Å². The zero-order chi connectivity index (χ0) is 13.4. The van der Waals surface area contributed by atoms with Crippen molar-refractivity contribution in [2.75, 3.05) is 0 Å². The van der Waals surface area contributed by atoms with E-state index in [2.05, 4.69) is 13.8 Å². The van der Waals surface area contributed by atoms with Crippen LogP contribution in [0.4, 0.5) is 0 Å². The van der Waals surface area contributed by atoms with E-state index in [-0.39, 0.29) is 5.56 Å². The predicted molar refractivity (Wildman–Crippen MR) is 73.5 cm³/mol.